The number of amides is 1. The lowest BCUT2D eigenvalue weighted by atomic mass is 10.1. The molecular formula is C17H14N2O2. The fraction of sp³-hybridized carbons (Fsp3) is 0.118. The number of para-hydroxylation sites is 2. The van der Waals surface area contributed by atoms with E-state index >= 15 is 0 Å². The summed E-state index contributed by atoms with van der Waals surface area (Å²) in [6.45, 7) is 0.621. The molecule has 0 spiro atoms. The first-order valence-corrected chi connectivity index (χ1v) is 6.97. The van der Waals surface area contributed by atoms with Gasteiger partial charge in [0.25, 0.3) is 0 Å². The van der Waals surface area contributed by atoms with Crippen LogP contribution in [0.1, 0.15) is 6.42 Å². The van der Waals surface area contributed by atoms with E-state index in [2.05, 4.69) is 10.6 Å². The van der Waals surface area contributed by atoms with Crippen molar-refractivity contribution in [3.63, 3.8) is 0 Å². The van der Waals surface area contributed by atoms with Gasteiger partial charge in [0.05, 0.1) is 11.4 Å². The Morgan fingerprint density at radius 3 is 2.86 bits per heavy atom. The number of benzene rings is 2. The second kappa shape index (κ2) is 4.66. The van der Waals surface area contributed by atoms with Crippen molar-refractivity contribution in [2.45, 2.75) is 6.42 Å². The van der Waals surface area contributed by atoms with Crippen LogP contribution >= 0.6 is 0 Å². The van der Waals surface area contributed by atoms with Crippen molar-refractivity contribution in [1.82, 2.24) is 0 Å². The number of anilines is 2. The molecule has 1 aliphatic rings. The zero-order valence-corrected chi connectivity index (χ0v) is 11.3. The molecule has 0 aliphatic carbocycles. The topological polar surface area (TPSA) is 54.3 Å². The summed E-state index contributed by atoms with van der Waals surface area (Å²) >= 11 is 0. The van der Waals surface area contributed by atoms with Crippen LogP contribution in [0.25, 0.3) is 22.3 Å². The van der Waals surface area contributed by atoms with E-state index in [9.17, 15) is 4.79 Å². The van der Waals surface area contributed by atoms with E-state index < -0.39 is 0 Å². The van der Waals surface area contributed by atoms with E-state index in [-0.39, 0.29) is 5.91 Å². The fourth-order valence-corrected chi connectivity index (χ4v) is 2.68. The van der Waals surface area contributed by atoms with Crippen molar-refractivity contribution in [3.8, 4) is 11.3 Å². The third-order valence-corrected chi connectivity index (χ3v) is 3.68. The van der Waals surface area contributed by atoms with Crippen LogP contribution in [-0.2, 0) is 4.79 Å². The Hall–Kier alpha value is -2.75. The molecule has 104 valence electrons. The largest absolute Gasteiger partial charge is 0.456 e. The molecule has 3 aromatic rings. The summed E-state index contributed by atoms with van der Waals surface area (Å²) in [6.07, 6.45) is 0.467. The minimum absolute atomic E-state index is 0.0306. The summed E-state index contributed by atoms with van der Waals surface area (Å²) in [5, 5.41) is 7.32. The van der Waals surface area contributed by atoms with Gasteiger partial charge < -0.3 is 15.1 Å². The maximum atomic E-state index is 11.7. The Kier molecular flexibility index (Phi) is 2.67. The lowest BCUT2D eigenvalue weighted by Gasteiger charge is -2.11. The van der Waals surface area contributed by atoms with Gasteiger partial charge >= 0.3 is 0 Å². The number of hydrogen-bond donors (Lipinski definition) is 2. The molecule has 2 heterocycles. The SMILES string of the molecule is O=C1CCNc2c(cccc2-c2cc3ccccc3o2)N1. The predicted molar refractivity (Wildman–Crippen MR) is 83.4 cm³/mol. The maximum absolute atomic E-state index is 11.7. The molecule has 21 heavy (non-hydrogen) atoms. The first kappa shape index (κ1) is 12.0. The van der Waals surface area contributed by atoms with Gasteiger partial charge in [-0.05, 0) is 24.3 Å². The summed E-state index contributed by atoms with van der Waals surface area (Å²) in [5.74, 6) is 0.833. The van der Waals surface area contributed by atoms with Crippen LogP contribution in [0.5, 0.6) is 0 Å². The van der Waals surface area contributed by atoms with Gasteiger partial charge in [-0.15, -0.1) is 0 Å². The molecule has 1 aromatic heterocycles. The Bertz CT molecular complexity index is 803. The zero-order valence-electron chi connectivity index (χ0n) is 11.3. The second-order valence-electron chi connectivity index (χ2n) is 5.10. The number of fused-ring (bicyclic) bond motifs is 2. The van der Waals surface area contributed by atoms with Crippen molar-refractivity contribution >= 4 is 28.3 Å². The van der Waals surface area contributed by atoms with E-state index in [4.69, 9.17) is 4.42 Å². The molecule has 0 fully saturated rings. The molecule has 4 heteroatoms. The maximum Gasteiger partial charge on any atom is 0.226 e. The lowest BCUT2D eigenvalue weighted by molar-refractivity contribution is -0.115. The molecule has 0 unspecified atom stereocenters. The summed E-state index contributed by atoms with van der Waals surface area (Å²) in [7, 11) is 0. The van der Waals surface area contributed by atoms with Crippen molar-refractivity contribution in [2.75, 3.05) is 17.2 Å². The smallest absolute Gasteiger partial charge is 0.226 e. The van der Waals surface area contributed by atoms with E-state index in [1.807, 2.05) is 48.5 Å². The van der Waals surface area contributed by atoms with Crippen LogP contribution in [0.2, 0.25) is 0 Å². The number of carbonyl (C=O) groups excluding carboxylic acids is 1. The number of rotatable bonds is 1. The van der Waals surface area contributed by atoms with Crippen molar-refractivity contribution < 1.29 is 9.21 Å². The van der Waals surface area contributed by atoms with Gasteiger partial charge in [-0.25, -0.2) is 0 Å². The highest BCUT2D eigenvalue weighted by Gasteiger charge is 2.17. The van der Waals surface area contributed by atoms with E-state index in [0.717, 1.165) is 33.7 Å². The van der Waals surface area contributed by atoms with Gasteiger partial charge in [0, 0.05) is 23.9 Å². The zero-order chi connectivity index (χ0) is 14.2. The highest BCUT2D eigenvalue weighted by molar-refractivity contribution is 6.00. The molecule has 0 saturated carbocycles. The first-order chi connectivity index (χ1) is 10.3. The van der Waals surface area contributed by atoms with Gasteiger partial charge in [-0.2, -0.15) is 0 Å². The van der Waals surface area contributed by atoms with Crippen LogP contribution in [0.4, 0.5) is 11.4 Å². The quantitative estimate of drug-likeness (QED) is 0.710. The number of furan rings is 1. The molecule has 0 saturated heterocycles. The average molecular weight is 278 g/mol. The summed E-state index contributed by atoms with van der Waals surface area (Å²) in [4.78, 5) is 11.7. The third-order valence-electron chi connectivity index (χ3n) is 3.68. The van der Waals surface area contributed by atoms with Crippen LogP contribution in [0, 0.1) is 0 Å². The summed E-state index contributed by atoms with van der Waals surface area (Å²) in [5.41, 5.74) is 3.55. The minimum atomic E-state index is 0.0306. The van der Waals surface area contributed by atoms with Crippen LogP contribution in [-0.4, -0.2) is 12.5 Å². The number of nitrogens with one attached hydrogen (secondary N) is 2. The Morgan fingerprint density at radius 1 is 1.05 bits per heavy atom. The second-order valence-corrected chi connectivity index (χ2v) is 5.10. The standard InChI is InChI=1S/C17H14N2O2/c20-16-8-9-18-17-12(5-3-6-13(17)19-16)15-10-11-4-1-2-7-14(11)21-15/h1-7,10,18H,8-9H2,(H,19,20). The van der Waals surface area contributed by atoms with Crippen LogP contribution in [0.3, 0.4) is 0 Å². The molecule has 0 atom stereocenters. The molecule has 4 nitrogen and oxygen atoms in total. The number of hydrogen-bond acceptors (Lipinski definition) is 3. The van der Waals surface area contributed by atoms with Crippen molar-refractivity contribution in [1.29, 1.82) is 0 Å². The predicted octanol–water partition coefficient (Wildman–Crippen LogP) is 3.85. The highest BCUT2D eigenvalue weighted by atomic mass is 16.3. The van der Waals surface area contributed by atoms with E-state index in [1.54, 1.807) is 0 Å². The molecule has 2 aromatic carbocycles. The molecule has 1 amide bonds. The number of carbonyl (C=O) groups is 1. The van der Waals surface area contributed by atoms with Crippen LogP contribution < -0.4 is 10.6 Å². The molecule has 0 bridgehead atoms. The monoisotopic (exact) mass is 278 g/mol. The Balaban J connectivity index is 1.88. The molecular weight excluding hydrogens is 264 g/mol. The highest BCUT2D eigenvalue weighted by Crippen LogP contribution is 2.37. The first-order valence-electron chi connectivity index (χ1n) is 6.97. The van der Waals surface area contributed by atoms with Gasteiger partial charge in [0.1, 0.15) is 11.3 Å². The van der Waals surface area contributed by atoms with Gasteiger partial charge in [-0.1, -0.05) is 24.3 Å². The Morgan fingerprint density at radius 2 is 1.95 bits per heavy atom. The lowest BCUT2D eigenvalue weighted by Crippen LogP contribution is -2.10. The van der Waals surface area contributed by atoms with E-state index in [0.29, 0.717) is 13.0 Å². The Labute approximate surface area is 121 Å². The molecule has 4 rings (SSSR count). The minimum Gasteiger partial charge on any atom is -0.456 e. The molecule has 2 N–H and O–H groups in total. The van der Waals surface area contributed by atoms with Crippen LogP contribution in [0.15, 0.2) is 52.9 Å². The normalized spacial score (nSPS) is 14.2. The molecule has 1 aliphatic heterocycles. The average Bonchev–Trinajstić information content (AvgIpc) is 2.82. The third kappa shape index (κ3) is 2.05. The van der Waals surface area contributed by atoms with Gasteiger partial charge in [-0.3, -0.25) is 4.79 Å². The fourth-order valence-electron chi connectivity index (χ4n) is 2.68. The summed E-state index contributed by atoms with van der Waals surface area (Å²) < 4.78 is 5.94. The van der Waals surface area contributed by atoms with Crippen molar-refractivity contribution in [2.24, 2.45) is 0 Å². The van der Waals surface area contributed by atoms with E-state index in [1.165, 1.54) is 0 Å². The van der Waals surface area contributed by atoms with Gasteiger partial charge in [0.15, 0.2) is 0 Å². The summed E-state index contributed by atoms with van der Waals surface area (Å²) in [6, 6.07) is 15.8. The molecule has 0 radical (unpaired) electrons. The van der Waals surface area contributed by atoms with Gasteiger partial charge in [0.2, 0.25) is 5.91 Å². The van der Waals surface area contributed by atoms with Crippen molar-refractivity contribution in [3.05, 3.63) is 48.5 Å².